The number of fused-ring (bicyclic) bond motifs is 1. The third-order valence-electron chi connectivity index (χ3n) is 4.35. The Morgan fingerprint density at radius 3 is 2.64 bits per heavy atom. The van der Waals surface area contributed by atoms with Gasteiger partial charge in [0.25, 0.3) is 5.91 Å². The predicted octanol–water partition coefficient (Wildman–Crippen LogP) is 2.65. The quantitative estimate of drug-likeness (QED) is 0.697. The van der Waals surface area contributed by atoms with Gasteiger partial charge >= 0.3 is 0 Å². The minimum absolute atomic E-state index is 0.205. The van der Waals surface area contributed by atoms with Crippen molar-refractivity contribution in [1.82, 2.24) is 5.32 Å². The van der Waals surface area contributed by atoms with Crippen molar-refractivity contribution in [2.24, 2.45) is 0 Å². The van der Waals surface area contributed by atoms with Gasteiger partial charge in [-0.05, 0) is 17.7 Å². The molecular formula is C20H24N2O4S2. The maximum atomic E-state index is 12.5. The predicted molar refractivity (Wildman–Crippen MR) is 113 cm³/mol. The second-order valence-corrected chi connectivity index (χ2v) is 9.54. The maximum absolute atomic E-state index is 12.5. The summed E-state index contributed by atoms with van der Waals surface area (Å²) in [6.45, 7) is 0.740. The molecule has 0 aliphatic carbocycles. The number of hydrogen-bond acceptors (Lipinski definition) is 5. The number of sulfonamides is 1. The number of nitrogens with zero attached hydrogens (tertiary/aromatic N) is 1. The summed E-state index contributed by atoms with van der Waals surface area (Å²) < 4.78 is 31.4. The van der Waals surface area contributed by atoms with Crippen LogP contribution in [0.2, 0.25) is 0 Å². The fourth-order valence-electron chi connectivity index (χ4n) is 2.98. The highest BCUT2D eigenvalue weighted by molar-refractivity contribution is 7.98. The van der Waals surface area contributed by atoms with Crippen molar-refractivity contribution in [2.45, 2.75) is 18.3 Å². The molecule has 1 aliphatic rings. The van der Waals surface area contributed by atoms with Crippen LogP contribution in [0.15, 0.2) is 54.6 Å². The van der Waals surface area contributed by atoms with E-state index in [1.807, 2.05) is 18.2 Å². The lowest BCUT2D eigenvalue weighted by Crippen LogP contribution is -2.40. The summed E-state index contributed by atoms with van der Waals surface area (Å²) in [6, 6.07) is 17.1. The molecule has 150 valence electrons. The molecule has 1 N–H and O–H groups in total. The van der Waals surface area contributed by atoms with Gasteiger partial charge in [0, 0.05) is 31.0 Å². The first-order chi connectivity index (χ1) is 13.4. The molecule has 0 unspecified atom stereocenters. The van der Waals surface area contributed by atoms with Gasteiger partial charge in [-0.15, -0.1) is 0 Å². The van der Waals surface area contributed by atoms with Gasteiger partial charge in [0.05, 0.1) is 11.9 Å². The SMILES string of the molecule is CS(=O)(=O)N1CC[C@@H](C(=O)NCCSCc2ccccc2)Oc2ccccc21. The molecule has 0 fully saturated rings. The average Bonchev–Trinajstić information content (AvgIpc) is 2.88. The zero-order valence-corrected chi connectivity index (χ0v) is 17.3. The van der Waals surface area contributed by atoms with Gasteiger partial charge < -0.3 is 10.1 Å². The van der Waals surface area contributed by atoms with E-state index in [4.69, 9.17) is 4.74 Å². The topological polar surface area (TPSA) is 75.7 Å². The Balaban J connectivity index is 1.53. The highest BCUT2D eigenvalue weighted by atomic mass is 32.2. The maximum Gasteiger partial charge on any atom is 0.261 e. The summed E-state index contributed by atoms with van der Waals surface area (Å²) in [4.78, 5) is 12.5. The Hall–Kier alpha value is -2.19. The van der Waals surface area contributed by atoms with Crippen molar-refractivity contribution in [3.05, 3.63) is 60.2 Å². The number of hydrogen-bond donors (Lipinski definition) is 1. The number of anilines is 1. The van der Waals surface area contributed by atoms with Crippen LogP contribution >= 0.6 is 11.8 Å². The van der Waals surface area contributed by atoms with Crippen LogP contribution in [0.5, 0.6) is 5.75 Å². The van der Waals surface area contributed by atoms with Crippen LogP contribution in [-0.2, 0) is 20.6 Å². The minimum Gasteiger partial charge on any atom is -0.478 e. The Bertz CT molecular complexity index is 903. The van der Waals surface area contributed by atoms with Gasteiger partial charge in [0.2, 0.25) is 10.0 Å². The molecule has 0 radical (unpaired) electrons. The molecule has 1 amide bonds. The Morgan fingerprint density at radius 1 is 1.18 bits per heavy atom. The summed E-state index contributed by atoms with van der Waals surface area (Å²) in [6.07, 6.45) is 0.742. The molecule has 1 atom stereocenters. The molecule has 0 bridgehead atoms. The number of thioether (sulfide) groups is 1. The molecule has 2 aromatic carbocycles. The summed E-state index contributed by atoms with van der Waals surface area (Å²) in [7, 11) is -3.44. The molecule has 8 heteroatoms. The summed E-state index contributed by atoms with van der Waals surface area (Å²) in [5.74, 6) is 1.88. The van der Waals surface area contributed by atoms with E-state index in [0.29, 0.717) is 24.4 Å². The van der Waals surface area contributed by atoms with Gasteiger partial charge in [-0.1, -0.05) is 42.5 Å². The smallest absolute Gasteiger partial charge is 0.261 e. The van der Waals surface area contributed by atoms with E-state index in [-0.39, 0.29) is 12.5 Å². The van der Waals surface area contributed by atoms with Gasteiger partial charge in [-0.3, -0.25) is 9.10 Å². The first kappa shape index (κ1) is 20.5. The van der Waals surface area contributed by atoms with Crippen molar-refractivity contribution in [3.63, 3.8) is 0 Å². The zero-order chi connectivity index (χ0) is 20.0. The minimum atomic E-state index is -3.44. The van der Waals surface area contributed by atoms with E-state index in [2.05, 4.69) is 17.4 Å². The van der Waals surface area contributed by atoms with Crippen LogP contribution in [0.4, 0.5) is 5.69 Å². The average molecular weight is 421 g/mol. The Kier molecular flexibility index (Phi) is 6.85. The van der Waals surface area contributed by atoms with Gasteiger partial charge in [0.1, 0.15) is 5.75 Å². The molecular weight excluding hydrogens is 396 g/mol. The molecule has 1 heterocycles. The molecule has 2 aromatic rings. The third-order valence-corrected chi connectivity index (χ3v) is 6.56. The number of para-hydroxylation sites is 2. The summed E-state index contributed by atoms with van der Waals surface area (Å²) in [5, 5.41) is 2.90. The highest BCUT2D eigenvalue weighted by Crippen LogP contribution is 2.33. The number of ether oxygens (including phenoxy) is 1. The first-order valence-electron chi connectivity index (χ1n) is 9.08. The second kappa shape index (κ2) is 9.34. The van der Waals surface area contributed by atoms with Crippen molar-refractivity contribution < 1.29 is 17.9 Å². The fourth-order valence-corrected chi connectivity index (χ4v) is 4.75. The lowest BCUT2D eigenvalue weighted by atomic mass is 10.2. The number of carbonyl (C=O) groups excluding carboxylic acids is 1. The monoisotopic (exact) mass is 420 g/mol. The zero-order valence-electron chi connectivity index (χ0n) is 15.7. The van der Waals surface area contributed by atoms with E-state index < -0.39 is 16.1 Å². The van der Waals surface area contributed by atoms with Gasteiger partial charge in [0.15, 0.2) is 6.10 Å². The molecule has 0 aromatic heterocycles. The lowest BCUT2D eigenvalue weighted by Gasteiger charge is -2.20. The van der Waals surface area contributed by atoms with Crippen LogP contribution in [0.25, 0.3) is 0 Å². The van der Waals surface area contributed by atoms with Crippen LogP contribution in [-0.4, -0.2) is 45.5 Å². The van der Waals surface area contributed by atoms with Crippen molar-refractivity contribution in [3.8, 4) is 5.75 Å². The standard InChI is InChI=1S/C20H24N2O4S2/c1-28(24,25)22-13-11-19(26-18-10-6-5-9-17(18)22)20(23)21-12-14-27-15-16-7-3-2-4-8-16/h2-10,19H,11-15H2,1H3,(H,21,23)/t19-/m0/s1. The van der Waals surface area contributed by atoms with Crippen molar-refractivity contribution in [2.75, 3.05) is 29.4 Å². The van der Waals surface area contributed by atoms with Crippen molar-refractivity contribution in [1.29, 1.82) is 0 Å². The molecule has 0 saturated carbocycles. The van der Waals surface area contributed by atoms with Crippen LogP contribution in [0.3, 0.4) is 0 Å². The van der Waals surface area contributed by atoms with E-state index in [1.54, 1.807) is 36.0 Å². The third kappa shape index (κ3) is 5.42. The number of benzene rings is 2. The largest absolute Gasteiger partial charge is 0.478 e. The molecule has 1 aliphatic heterocycles. The number of carbonyl (C=O) groups is 1. The second-order valence-electron chi connectivity index (χ2n) is 6.53. The fraction of sp³-hybridized carbons (Fsp3) is 0.350. The summed E-state index contributed by atoms with van der Waals surface area (Å²) >= 11 is 1.75. The van der Waals surface area contributed by atoms with Crippen LogP contribution < -0.4 is 14.4 Å². The normalized spacial score (nSPS) is 16.6. The van der Waals surface area contributed by atoms with Crippen molar-refractivity contribution >= 4 is 33.4 Å². The Labute approximate surface area is 170 Å². The Morgan fingerprint density at radius 2 is 1.89 bits per heavy atom. The highest BCUT2D eigenvalue weighted by Gasteiger charge is 2.30. The number of nitrogens with one attached hydrogen (secondary N) is 1. The molecule has 28 heavy (non-hydrogen) atoms. The van der Waals surface area contributed by atoms with E-state index >= 15 is 0 Å². The number of amides is 1. The molecule has 0 saturated heterocycles. The van der Waals surface area contributed by atoms with E-state index in [0.717, 1.165) is 17.8 Å². The van der Waals surface area contributed by atoms with Crippen LogP contribution in [0.1, 0.15) is 12.0 Å². The van der Waals surface area contributed by atoms with Gasteiger partial charge in [-0.25, -0.2) is 8.42 Å². The van der Waals surface area contributed by atoms with Gasteiger partial charge in [-0.2, -0.15) is 11.8 Å². The summed E-state index contributed by atoms with van der Waals surface area (Å²) in [5.41, 5.74) is 1.72. The molecule has 0 spiro atoms. The van der Waals surface area contributed by atoms with Crippen LogP contribution in [0, 0.1) is 0 Å². The molecule has 3 rings (SSSR count). The van der Waals surface area contributed by atoms with E-state index in [9.17, 15) is 13.2 Å². The first-order valence-corrected chi connectivity index (χ1v) is 12.1. The number of rotatable bonds is 7. The lowest BCUT2D eigenvalue weighted by molar-refractivity contribution is -0.127. The van der Waals surface area contributed by atoms with E-state index in [1.165, 1.54) is 9.87 Å². The molecule has 6 nitrogen and oxygen atoms in total.